The van der Waals surface area contributed by atoms with Crippen molar-refractivity contribution in [3.63, 3.8) is 0 Å². The molecule has 184 valence electrons. The van der Waals surface area contributed by atoms with Gasteiger partial charge in [0.15, 0.2) is 12.6 Å². The minimum Gasteiger partial charge on any atom is -0.396 e. The van der Waals surface area contributed by atoms with Gasteiger partial charge < -0.3 is 29.2 Å². The number of aliphatic hydroxyl groups is 2. The van der Waals surface area contributed by atoms with Gasteiger partial charge in [0, 0.05) is 43.0 Å². The molecule has 2 N–H and O–H groups in total. The lowest BCUT2D eigenvalue weighted by Gasteiger charge is -2.30. The Bertz CT molecular complexity index is 695. The molecule has 2 rings (SSSR count). The summed E-state index contributed by atoms with van der Waals surface area (Å²) in [6, 6.07) is 16.0. The van der Waals surface area contributed by atoms with Gasteiger partial charge in [-0.25, -0.2) is 0 Å². The normalized spacial score (nSPS) is 12.1. The Balaban J connectivity index is 2.13. The summed E-state index contributed by atoms with van der Waals surface area (Å²) in [5.74, 6) is 0. The second-order valence-electron chi connectivity index (χ2n) is 8.14. The molecular formula is C27H40O6. The van der Waals surface area contributed by atoms with Crippen LogP contribution < -0.4 is 0 Å². The molecule has 0 aliphatic rings. The molecule has 0 radical (unpaired) electrons. The smallest absolute Gasteiger partial charge is 0.183 e. The Morgan fingerprint density at radius 2 is 0.879 bits per heavy atom. The Labute approximate surface area is 198 Å². The van der Waals surface area contributed by atoms with Crippen molar-refractivity contribution in [3.05, 3.63) is 70.8 Å². The van der Waals surface area contributed by atoms with Crippen LogP contribution >= 0.6 is 0 Å². The van der Waals surface area contributed by atoms with Crippen LogP contribution in [0.2, 0.25) is 0 Å². The van der Waals surface area contributed by atoms with Crippen LogP contribution in [0, 0.1) is 5.41 Å². The summed E-state index contributed by atoms with van der Waals surface area (Å²) >= 11 is 0. The highest BCUT2D eigenvalue weighted by Crippen LogP contribution is 2.30. The zero-order chi connectivity index (χ0) is 24.1. The number of ether oxygens (including phenoxy) is 4. The monoisotopic (exact) mass is 460 g/mol. The molecule has 0 atom stereocenters. The molecule has 0 bridgehead atoms. The fourth-order valence-electron chi connectivity index (χ4n) is 3.87. The molecule has 2 aromatic carbocycles. The average molecular weight is 461 g/mol. The van der Waals surface area contributed by atoms with Crippen molar-refractivity contribution >= 4 is 0 Å². The van der Waals surface area contributed by atoms with E-state index in [1.165, 1.54) is 0 Å². The third kappa shape index (κ3) is 8.18. The fraction of sp³-hybridized carbons (Fsp3) is 0.556. The molecule has 0 aromatic heterocycles. The summed E-state index contributed by atoms with van der Waals surface area (Å²) in [4.78, 5) is 0. The topological polar surface area (TPSA) is 77.4 Å². The lowest BCUT2D eigenvalue weighted by Crippen LogP contribution is -2.35. The Morgan fingerprint density at radius 1 is 0.576 bits per heavy atom. The first-order chi connectivity index (χ1) is 16.0. The van der Waals surface area contributed by atoms with Gasteiger partial charge in [0.2, 0.25) is 0 Å². The Hall–Kier alpha value is -1.80. The largest absolute Gasteiger partial charge is 0.396 e. The number of hydrogen-bond donors (Lipinski definition) is 2. The first kappa shape index (κ1) is 27.4. The van der Waals surface area contributed by atoms with Gasteiger partial charge in [-0.2, -0.15) is 0 Å². The maximum atomic E-state index is 10.2. The lowest BCUT2D eigenvalue weighted by atomic mass is 9.77. The summed E-state index contributed by atoms with van der Waals surface area (Å²) in [6.45, 7) is 9.81. The second-order valence-corrected chi connectivity index (χ2v) is 8.14. The van der Waals surface area contributed by atoms with Crippen LogP contribution in [0.15, 0.2) is 48.5 Å². The molecule has 0 heterocycles. The van der Waals surface area contributed by atoms with E-state index >= 15 is 0 Å². The van der Waals surface area contributed by atoms with Gasteiger partial charge in [0.1, 0.15) is 0 Å². The Kier molecular flexibility index (Phi) is 12.0. The van der Waals surface area contributed by atoms with Crippen molar-refractivity contribution in [1.29, 1.82) is 0 Å². The summed E-state index contributed by atoms with van der Waals surface area (Å²) in [5, 5.41) is 20.4. The van der Waals surface area contributed by atoms with Gasteiger partial charge in [0.05, 0.1) is 13.2 Å². The van der Waals surface area contributed by atoms with Crippen LogP contribution in [0.1, 0.15) is 62.5 Å². The van der Waals surface area contributed by atoms with E-state index in [0.29, 0.717) is 39.3 Å². The molecule has 0 spiro atoms. The SMILES string of the molecule is CCOC(OCC)c1ccc(CC(CO)(CO)Cc2ccc(C(OCC)OCC)cc2)cc1. The van der Waals surface area contributed by atoms with Crippen molar-refractivity contribution < 1.29 is 29.2 Å². The third-order valence-electron chi connectivity index (χ3n) is 5.61. The van der Waals surface area contributed by atoms with Crippen molar-refractivity contribution in [3.8, 4) is 0 Å². The summed E-state index contributed by atoms with van der Waals surface area (Å²) in [6.07, 6.45) is 0.336. The van der Waals surface area contributed by atoms with E-state index < -0.39 is 5.41 Å². The first-order valence-electron chi connectivity index (χ1n) is 11.9. The van der Waals surface area contributed by atoms with E-state index in [-0.39, 0.29) is 25.8 Å². The van der Waals surface area contributed by atoms with Gasteiger partial charge in [-0.15, -0.1) is 0 Å². The number of aliphatic hydroxyl groups excluding tert-OH is 2. The van der Waals surface area contributed by atoms with Gasteiger partial charge in [-0.3, -0.25) is 0 Å². The zero-order valence-corrected chi connectivity index (χ0v) is 20.5. The predicted octanol–water partition coefficient (Wildman–Crippen LogP) is 4.59. The van der Waals surface area contributed by atoms with Crippen LogP contribution in [0.3, 0.4) is 0 Å². The molecule has 33 heavy (non-hydrogen) atoms. The van der Waals surface area contributed by atoms with Gasteiger partial charge in [0.25, 0.3) is 0 Å². The van der Waals surface area contributed by atoms with E-state index in [2.05, 4.69) is 0 Å². The van der Waals surface area contributed by atoms with Crippen molar-refractivity contribution in [2.75, 3.05) is 39.6 Å². The van der Waals surface area contributed by atoms with E-state index in [0.717, 1.165) is 22.3 Å². The summed E-state index contributed by atoms with van der Waals surface area (Å²) < 4.78 is 22.7. The standard InChI is InChI=1S/C27H40O6/c1-5-30-25(31-6-2)23-13-9-21(10-14-23)17-27(19-28,20-29)18-22-11-15-24(16-12-22)26(32-7-3)33-8-4/h9-16,25-26,28-29H,5-8,17-20H2,1-4H3. The zero-order valence-electron chi connectivity index (χ0n) is 20.5. The summed E-state index contributed by atoms with van der Waals surface area (Å²) in [5.41, 5.74) is 3.32. The van der Waals surface area contributed by atoms with Gasteiger partial charge in [-0.05, 0) is 51.7 Å². The predicted molar refractivity (Wildman–Crippen MR) is 129 cm³/mol. The highest BCUT2D eigenvalue weighted by Gasteiger charge is 2.30. The third-order valence-corrected chi connectivity index (χ3v) is 5.61. The Morgan fingerprint density at radius 3 is 1.12 bits per heavy atom. The molecule has 0 saturated carbocycles. The molecule has 0 amide bonds. The van der Waals surface area contributed by atoms with Crippen LogP contribution in [0.4, 0.5) is 0 Å². The van der Waals surface area contributed by atoms with E-state index in [9.17, 15) is 10.2 Å². The van der Waals surface area contributed by atoms with Crippen molar-refractivity contribution in [1.82, 2.24) is 0 Å². The minimum absolute atomic E-state index is 0.117. The molecule has 0 saturated heterocycles. The van der Waals surface area contributed by atoms with Gasteiger partial charge in [-0.1, -0.05) is 48.5 Å². The molecule has 0 aliphatic heterocycles. The first-order valence-corrected chi connectivity index (χ1v) is 11.9. The van der Waals surface area contributed by atoms with Crippen molar-refractivity contribution in [2.24, 2.45) is 5.41 Å². The van der Waals surface area contributed by atoms with E-state index in [4.69, 9.17) is 18.9 Å². The summed E-state index contributed by atoms with van der Waals surface area (Å²) in [7, 11) is 0. The number of rotatable bonds is 16. The van der Waals surface area contributed by atoms with E-state index in [1.54, 1.807) is 0 Å². The number of hydrogen-bond acceptors (Lipinski definition) is 6. The molecule has 0 unspecified atom stereocenters. The lowest BCUT2D eigenvalue weighted by molar-refractivity contribution is -0.140. The maximum absolute atomic E-state index is 10.2. The second kappa shape index (κ2) is 14.5. The molecular weight excluding hydrogens is 420 g/mol. The molecule has 6 nitrogen and oxygen atoms in total. The average Bonchev–Trinajstić information content (AvgIpc) is 2.84. The minimum atomic E-state index is -0.665. The number of benzene rings is 2. The highest BCUT2D eigenvalue weighted by atomic mass is 16.7. The van der Waals surface area contributed by atoms with Gasteiger partial charge >= 0.3 is 0 Å². The molecule has 2 aromatic rings. The molecule has 6 heteroatoms. The van der Waals surface area contributed by atoms with Crippen LogP contribution in [0.25, 0.3) is 0 Å². The highest BCUT2D eigenvalue weighted by molar-refractivity contribution is 5.27. The molecule has 0 fully saturated rings. The van der Waals surface area contributed by atoms with E-state index in [1.807, 2.05) is 76.2 Å². The van der Waals surface area contributed by atoms with Crippen LogP contribution in [-0.4, -0.2) is 49.9 Å². The quantitative estimate of drug-likeness (QED) is 0.357. The van der Waals surface area contributed by atoms with Crippen LogP contribution in [0.5, 0.6) is 0 Å². The molecule has 0 aliphatic carbocycles. The van der Waals surface area contributed by atoms with Crippen molar-refractivity contribution in [2.45, 2.75) is 53.1 Å². The fourth-order valence-corrected chi connectivity index (χ4v) is 3.87. The maximum Gasteiger partial charge on any atom is 0.183 e. The van der Waals surface area contributed by atoms with Crippen LogP contribution in [-0.2, 0) is 31.8 Å².